The summed E-state index contributed by atoms with van der Waals surface area (Å²) in [6, 6.07) is 13.7. The zero-order chi connectivity index (χ0) is 15.9. The van der Waals surface area contributed by atoms with Crippen molar-refractivity contribution in [2.24, 2.45) is 5.10 Å². The number of hydrogen-bond donors (Lipinski definition) is 2. The van der Waals surface area contributed by atoms with Gasteiger partial charge in [0, 0.05) is 5.69 Å². The molecule has 0 unspecified atom stereocenters. The first-order valence-electron chi connectivity index (χ1n) is 6.95. The molecule has 4 nitrogen and oxygen atoms in total. The number of aryl methyl sites for hydroxylation is 1. The van der Waals surface area contributed by atoms with E-state index < -0.39 is 0 Å². The summed E-state index contributed by atoms with van der Waals surface area (Å²) < 4.78 is 12.8. The molecule has 2 N–H and O–H groups in total. The lowest BCUT2D eigenvalue weighted by Gasteiger charge is -2.08. The van der Waals surface area contributed by atoms with E-state index in [0.717, 1.165) is 16.8 Å². The lowest BCUT2D eigenvalue weighted by atomic mass is 10.1. The molecule has 0 fully saturated rings. The summed E-state index contributed by atoms with van der Waals surface area (Å²) in [5.74, 6) is -0.548. The standard InChI is InChI=1S/C17H18FN3O/c1-12-5-3-4-6-16(12)19-11-17(22)21-20-13(2)14-7-9-15(18)10-8-14/h3-10,19H,11H2,1-2H3,(H,21,22)/b20-13-. The van der Waals surface area contributed by atoms with Gasteiger partial charge in [0.2, 0.25) is 0 Å². The topological polar surface area (TPSA) is 53.5 Å². The Hall–Kier alpha value is -2.69. The number of hydrogen-bond acceptors (Lipinski definition) is 3. The Morgan fingerprint density at radius 1 is 1.14 bits per heavy atom. The molecule has 0 heterocycles. The molecule has 0 saturated carbocycles. The van der Waals surface area contributed by atoms with E-state index in [-0.39, 0.29) is 18.3 Å². The lowest BCUT2D eigenvalue weighted by Crippen LogP contribution is -2.27. The SMILES string of the molecule is C/C(=N/NC(=O)CNc1ccccc1C)c1ccc(F)cc1. The maximum Gasteiger partial charge on any atom is 0.259 e. The van der Waals surface area contributed by atoms with Crippen molar-refractivity contribution in [3.8, 4) is 0 Å². The van der Waals surface area contributed by atoms with Crippen molar-refractivity contribution in [3.63, 3.8) is 0 Å². The second kappa shape index (κ2) is 7.36. The maximum absolute atomic E-state index is 12.8. The molecule has 2 rings (SSSR count). The van der Waals surface area contributed by atoms with Gasteiger partial charge in [-0.05, 0) is 43.2 Å². The first kappa shape index (κ1) is 15.7. The van der Waals surface area contributed by atoms with Crippen LogP contribution in [0.15, 0.2) is 53.6 Å². The third-order valence-electron chi connectivity index (χ3n) is 3.19. The van der Waals surface area contributed by atoms with Gasteiger partial charge in [0.15, 0.2) is 0 Å². The minimum absolute atomic E-state index is 0.130. The van der Waals surface area contributed by atoms with Crippen LogP contribution in [0.1, 0.15) is 18.1 Å². The van der Waals surface area contributed by atoms with E-state index in [1.165, 1.54) is 12.1 Å². The Morgan fingerprint density at radius 3 is 2.50 bits per heavy atom. The molecular weight excluding hydrogens is 281 g/mol. The van der Waals surface area contributed by atoms with Gasteiger partial charge in [-0.2, -0.15) is 5.10 Å². The normalized spacial score (nSPS) is 11.1. The van der Waals surface area contributed by atoms with Gasteiger partial charge >= 0.3 is 0 Å². The molecule has 0 saturated heterocycles. The number of benzene rings is 2. The Bertz CT molecular complexity index is 681. The minimum Gasteiger partial charge on any atom is -0.376 e. The maximum atomic E-state index is 12.8. The largest absolute Gasteiger partial charge is 0.376 e. The molecule has 0 aliphatic heterocycles. The van der Waals surface area contributed by atoms with E-state index in [2.05, 4.69) is 15.8 Å². The Morgan fingerprint density at radius 2 is 1.82 bits per heavy atom. The zero-order valence-corrected chi connectivity index (χ0v) is 12.6. The van der Waals surface area contributed by atoms with Crippen LogP contribution in [0.25, 0.3) is 0 Å². The third kappa shape index (κ3) is 4.41. The van der Waals surface area contributed by atoms with Gasteiger partial charge in [0.25, 0.3) is 5.91 Å². The van der Waals surface area contributed by atoms with Crippen LogP contribution in [0.3, 0.4) is 0 Å². The highest BCUT2D eigenvalue weighted by molar-refractivity contribution is 5.99. The number of carbonyl (C=O) groups is 1. The molecule has 0 aliphatic carbocycles. The van der Waals surface area contributed by atoms with Gasteiger partial charge in [-0.15, -0.1) is 0 Å². The number of nitrogens with one attached hydrogen (secondary N) is 2. The molecule has 5 heteroatoms. The monoisotopic (exact) mass is 299 g/mol. The molecule has 0 radical (unpaired) electrons. The zero-order valence-electron chi connectivity index (χ0n) is 12.6. The molecule has 1 amide bonds. The fraction of sp³-hybridized carbons (Fsp3) is 0.176. The van der Waals surface area contributed by atoms with Crippen LogP contribution < -0.4 is 10.7 Å². The predicted molar refractivity (Wildman–Crippen MR) is 86.4 cm³/mol. The van der Waals surface area contributed by atoms with E-state index in [9.17, 15) is 9.18 Å². The van der Waals surface area contributed by atoms with E-state index >= 15 is 0 Å². The fourth-order valence-electron chi connectivity index (χ4n) is 1.89. The first-order valence-corrected chi connectivity index (χ1v) is 6.95. The molecule has 0 aliphatic rings. The first-order chi connectivity index (χ1) is 10.6. The smallest absolute Gasteiger partial charge is 0.259 e. The summed E-state index contributed by atoms with van der Waals surface area (Å²) in [5, 5.41) is 7.07. The molecule has 0 bridgehead atoms. The quantitative estimate of drug-likeness (QED) is 0.658. The van der Waals surface area contributed by atoms with Crippen molar-refractivity contribution in [2.75, 3.05) is 11.9 Å². The number of rotatable bonds is 5. The summed E-state index contributed by atoms with van der Waals surface area (Å²) in [5.41, 5.74) is 5.84. The number of halogens is 1. The molecule has 0 atom stereocenters. The van der Waals surface area contributed by atoms with Crippen LogP contribution in [0.4, 0.5) is 10.1 Å². The molecule has 22 heavy (non-hydrogen) atoms. The highest BCUT2D eigenvalue weighted by atomic mass is 19.1. The van der Waals surface area contributed by atoms with Crippen LogP contribution in [0.5, 0.6) is 0 Å². The van der Waals surface area contributed by atoms with Gasteiger partial charge < -0.3 is 5.32 Å². The second-order valence-corrected chi connectivity index (χ2v) is 4.91. The summed E-state index contributed by atoms with van der Waals surface area (Å²) in [7, 11) is 0. The number of para-hydroxylation sites is 1. The lowest BCUT2D eigenvalue weighted by molar-refractivity contribution is -0.119. The molecular formula is C17H18FN3O. The summed E-state index contributed by atoms with van der Waals surface area (Å²) in [4.78, 5) is 11.8. The van der Waals surface area contributed by atoms with Gasteiger partial charge in [-0.25, -0.2) is 9.82 Å². The second-order valence-electron chi connectivity index (χ2n) is 4.91. The third-order valence-corrected chi connectivity index (χ3v) is 3.19. The van der Waals surface area contributed by atoms with Crippen molar-refractivity contribution in [2.45, 2.75) is 13.8 Å². The summed E-state index contributed by atoms with van der Waals surface area (Å²) in [6.07, 6.45) is 0. The molecule has 0 spiro atoms. The van der Waals surface area contributed by atoms with E-state index in [1.54, 1.807) is 19.1 Å². The summed E-state index contributed by atoms with van der Waals surface area (Å²) >= 11 is 0. The highest BCUT2D eigenvalue weighted by Crippen LogP contribution is 2.12. The van der Waals surface area contributed by atoms with Crippen molar-refractivity contribution in [3.05, 3.63) is 65.5 Å². The van der Waals surface area contributed by atoms with E-state index in [1.807, 2.05) is 31.2 Å². The molecule has 114 valence electrons. The average Bonchev–Trinajstić information content (AvgIpc) is 2.52. The van der Waals surface area contributed by atoms with Gasteiger partial charge in [-0.1, -0.05) is 30.3 Å². The van der Waals surface area contributed by atoms with Crippen LogP contribution in [0, 0.1) is 12.7 Å². The minimum atomic E-state index is -0.303. The average molecular weight is 299 g/mol. The van der Waals surface area contributed by atoms with Gasteiger partial charge in [0.05, 0.1) is 12.3 Å². The highest BCUT2D eigenvalue weighted by Gasteiger charge is 2.03. The Balaban J connectivity index is 1.88. The fourth-order valence-corrected chi connectivity index (χ4v) is 1.89. The van der Waals surface area contributed by atoms with E-state index in [0.29, 0.717) is 5.71 Å². The van der Waals surface area contributed by atoms with Crippen molar-refractivity contribution < 1.29 is 9.18 Å². The number of anilines is 1. The molecule has 2 aromatic carbocycles. The van der Waals surface area contributed by atoms with Crippen molar-refractivity contribution in [1.29, 1.82) is 0 Å². The predicted octanol–water partition coefficient (Wildman–Crippen LogP) is 3.09. The number of amides is 1. The van der Waals surface area contributed by atoms with Gasteiger partial charge in [-0.3, -0.25) is 4.79 Å². The Kier molecular flexibility index (Phi) is 5.25. The van der Waals surface area contributed by atoms with Crippen molar-refractivity contribution >= 4 is 17.3 Å². The van der Waals surface area contributed by atoms with E-state index in [4.69, 9.17) is 0 Å². The molecule has 2 aromatic rings. The number of carbonyl (C=O) groups excluding carboxylic acids is 1. The van der Waals surface area contributed by atoms with Crippen LogP contribution in [-0.2, 0) is 4.79 Å². The van der Waals surface area contributed by atoms with Crippen LogP contribution in [0.2, 0.25) is 0 Å². The number of hydrazone groups is 1. The Labute approximate surface area is 129 Å². The van der Waals surface area contributed by atoms with Gasteiger partial charge in [0.1, 0.15) is 5.82 Å². The molecule has 0 aromatic heterocycles. The van der Waals surface area contributed by atoms with Crippen molar-refractivity contribution in [1.82, 2.24) is 5.43 Å². The summed E-state index contributed by atoms with van der Waals surface area (Å²) in [6.45, 7) is 3.85. The number of nitrogens with zero attached hydrogens (tertiary/aromatic N) is 1. The van der Waals surface area contributed by atoms with Crippen LogP contribution >= 0.6 is 0 Å². The van der Waals surface area contributed by atoms with Crippen LogP contribution in [-0.4, -0.2) is 18.2 Å².